The van der Waals surface area contributed by atoms with Gasteiger partial charge in [0.2, 0.25) is 10.0 Å². The molecule has 1 fully saturated rings. The Balaban J connectivity index is 1.58. The molecule has 10 heteroatoms. The highest BCUT2D eigenvalue weighted by molar-refractivity contribution is 7.89. The summed E-state index contributed by atoms with van der Waals surface area (Å²) in [5.41, 5.74) is 2.02. The minimum Gasteiger partial charge on any atom is -0.322 e. The van der Waals surface area contributed by atoms with Crippen molar-refractivity contribution in [1.82, 2.24) is 14.1 Å². The highest BCUT2D eigenvalue weighted by Crippen LogP contribution is 2.30. The molecule has 1 amide bonds. The third-order valence-corrected chi connectivity index (χ3v) is 8.10. The predicted molar refractivity (Wildman–Crippen MR) is 125 cm³/mol. The lowest BCUT2D eigenvalue weighted by Gasteiger charge is -2.17. The number of rotatable bonds is 6. The van der Waals surface area contributed by atoms with Crippen LogP contribution in [0.3, 0.4) is 0 Å². The molecular weight excluding hydrogens is 471 g/mol. The lowest BCUT2D eigenvalue weighted by molar-refractivity contribution is 0.102. The molecule has 1 aliphatic rings. The molecule has 0 spiro atoms. The van der Waals surface area contributed by atoms with Crippen LogP contribution in [-0.4, -0.2) is 41.5 Å². The van der Waals surface area contributed by atoms with E-state index in [1.165, 1.54) is 16.4 Å². The third kappa shape index (κ3) is 4.54. The SMILES string of the molecule is Cc1nn(Cc2ccccc2)c(Cl)c1C(=O)Nc1ccc(Cl)c(S(=O)(=O)N2CCCC2)c1. The fraction of sp³-hybridized carbons (Fsp3) is 0.273. The number of anilines is 1. The number of nitrogens with zero attached hydrogens (tertiary/aromatic N) is 3. The highest BCUT2D eigenvalue weighted by atomic mass is 35.5. The van der Waals surface area contributed by atoms with E-state index in [1.54, 1.807) is 17.7 Å². The van der Waals surface area contributed by atoms with Crippen LogP contribution < -0.4 is 5.32 Å². The van der Waals surface area contributed by atoms with Crippen molar-refractivity contribution in [1.29, 1.82) is 0 Å². The number of hydrogen-bond donors (Lipinski definition) is 1. The van der Waals surface area contributed by atoms with Crippen LogP contribution in [0.1, 0.15) is 34.5 Å². The smallest absolute Gasteiger partial charge is 0.260 e. The number of halogens is 2. The van der Waals surface area contributed by atoms with Crippen molar-refractivity contribution in [2.45, 2.75) is 31.2 Å². The van der Waals surface area contributed by atoms with Gasteiger partial charge < -0.3 is 5.32 Å². The molecule has 1 aliphatic heterocycles. The Labute approximate surface area is 197 Å². The van der Waals surface area contributed by atoms with E-state index in [0.29, 0.717) is 31.0 Å². The Morgan fingerprint density at radius 1 is 1.09 bits per heavy atom. The molecule has 7 nitrogen and oxygen atoms in total. The summed E-state index contributed by atoms with van der Waals surface area (Å²) in [5, 5.41) is 7.44. The molecule has 1 saturated heterocycles. The maximum atomic E-state index is 13.0. The summed E-state index contributed by atoms with van der Waals surface area (Å²) in [6.45, 7) is 3.05. The monoisotopic (exact) mass is 492 g/mol. The summed E-state index contributed by atoms with van der Waals surface area (Å²) in [5.74, 6) is -0.473. The summed E-state index contributed by atoms with van der Waals surface area (Å²) in [6, 6.07) is 14.1. The van der Waals surface area contributed by atoms with Crippen LogP contribution in [-0.2, 0) is 16.6 Å². The second-order valence-corrected chi connectivity index (χ2v) is 10.3. The molecule has 0 aliphatic carbocycles. The first-order valence-corrected chi connectivity index (χ1v) is 12.3. The van der Waals surface area contributed by atoms with Gasteiger partial charge >= 0.3 is 0 Å². The van der Waals surface area contributed by atoms with Crippen molar-refractivity contribution in [3.8, 4) is 0 Å². The average Bonchev–Trinajstić information content (AvgIpc) is 3.39. The van der Waals surface area contributed by atoms with Gasteiger partial charge in [-0.1, -0.05) is 53.5 Å². The summed E-state index contributed by atoms with van der Waals surface area (Å²) in [6.07, 6.45) is 1.63. The highest BCUT2D eigenvalue weighted by Gasteiger charge is 2.29. The van der Waals surface area contributed by atoms with E-state index in [4.69, 9.17) is 23.2 Å². The van der Waals surface area contributed by atoms with Gasteiger partial charge in [-0.05, 0) is 43.5 Å². The molecule has 0 saturated carbocycles. The van der Waals surface area contributed by atoms with E-state index in [1.807, 2.05) is 30.3 Å². The average molecular weight is 493 g/mol. The molecule has 2 aromatic carbocycles. The molecule has 32 heavy (non-hydrogen) atoms. The van der Waals surface area contributed by atoms with Gasteiger partial charge in [0.25, 0.3) is 5.91 Å². The number of carbonyl (C=O) groups excluding carboxylic acids is 1. The zero-order valence-corrected chi connectivity index (χ0v) is 19.7. The van der Waals surface area contributed by atoms with Gasteiger partial charge in [-0.3, -0.25) is 4.79 Å². The maximum absolute atomic E-state index is 13.0. The van der Waals surface area contributed by atoms with Gasteiger partial charge in [-0.25, -0.2) is 13.1 Å². The van der Waals surface area contributed by atoms with Gasteiger partial charge in [0.15, 0.2) is 0 Å². The van der Waals surface area contributed by atoms with Crippen LogP contribution in [0.5, 0.6) is 0 Å². The summed E-state index contributed by atoms with van der Waals surface area (Å²) in [7, 11) is -3.73. The van der Waals surface area contributed by atoms with Crippen LogP contribution in [0.15, 0.2) is 53.4 Å². The van der Waals surface area contributed by atoms with Crippen molar-refractivity contribution < 1.29 is 13.2 Å². The molecule has 1 aromatic heterocycles. The second kappa shape index (κ2) is 9.23. The lowest BCUT2D eigenvalue weighted by Crippen LogP contribution is -2.28. The largest absolute Gasteiger partial charge is 0.322 e. The Hall–Kier alpha value is -2.39. The zero-order valence-electron chi connectivity index (χ0n) is 17.4. The Bertz CT molecular complexity index is 1250. The van der Waals surface area contributed by atoms with Gasteiger partial charge in [-0.15, -0.1) is 0 Å². The minimum absolute atomic E-state index is 0.0264. The number of sulfonamides is 1. The molecule has 0 bridgehead atoms. The van der Waals surface area contributed by atoms with Gasteiger partial charge in [0, 0.05) is 18.8 Å². The summed E-state index contributed by atoms with van der Waals surface area (Å²) in [4.78, 5) is 13.0. The number of benzene rings is 2. The topological polar surface area (TPSA) is 84.3 Å². The molecular formula is C22H22Cl2N4O3S. The fourth-order valence-corrected chi connectivity index (χ4v) is 6.05. The third-order valence-electron chi connectivity index (χ3n) is 5.34. The standard InChI is InChI=1S/C22H22Cl2N4O3S/c1-15-20(21(24)28(26-15)14-16-7-3-2-4-8-16)22(29)25-17-9-10-18(23)19(13-17)32(30,31)27-11-5-6-12-27/h2-4,7-10,13H,5-6,11-12,14H2,1H3,(H,25,29). The molecule has 3 aromatic rings. The molecule has 0 unspecified atom stereocenters. The predicted octanol–water partition coefficient (Wildman–Crippen LogP) is 4.58. The van der Waals surface area contributed by atoms with E-state index >= 15 is 0 Å². The number of amides is 1. The molecule has 168 valence electrons. The summed E-state index contributed by atoms with van der Waals surface area (Å²) < 4.78 is 28.9. The number of aromatic nitrogens is 2. The maximum Gasteiger partial charge on any atom is 0.260 e. The van der Waals surface area contributed by atoms with E-state index < -0.39 is 15.9 Å². The number of aryl methyl sites for hydroxylation is 1. The minimum atomic E-state index is -3.73. The van der Waals surface area contributed by atoms with Gasteiger partial charge in [0.1, 0.15) is 10.0 Å². The van der Waals surface area contributed by atoms with E-state index in [9.17, 15) is 13.2 Å². The zero-order chi connectivity index (χ0) is 22.9. The van der Waals surface area contributed by atoms with Crippen molar-refractivity contribution in [3.63, 3.8) is 0 Å². The number of carbonyl (C=O) groups is 1. The number of nitrogens with one attached hydrogen (secondary N) is 1. The Morgan fingerprint density at radius 3 is 2.47 bits per heavy atom. The van der Waals surface area contributed by atoms with Crippen LogP contribution in [0.4, 0.5) is 5.69 Å². The van der Waals surface area contributed by atoms with Gasteiger partial charge in [-0.2, -0.15) is 9.40 Å². The second-order valence-electron chi connectivity index (χ2n) is 7.60. The quantitative estimate of drug-likeness (QED) is 0.545. The van der Waals surface area contributed by atoms with Crippen LogP contribution in [0.25, 0.3) is 0 Å². The van der Waals surface area contributed by atoms with Crippen molar-refractivity contribution in [3.05, 3.63) is 75.5 Å². The molecule has 0 atom stereocenters. The Morgan fingerprint density at radius 2 is 1.78 bits per heavy atom. The van der Waals surface area contributed by atoms with Gasteiger partial charge in [0.05, 0.1) is 22.8 Å². The van der Waals surface area contributed by atoms with Crippen molar-refractivity contribution in [2.75, 3.05) is 18.4 Å². The van der Waals surface area contributed by atoms with Crippen molar-refractivity contribution >= 4 is 44.8 Å². The molecule has 4 rings (SSSR count). The first kappa shape index (κ1) is 22.8. The molecule has 1 N–H and O–H groups in total. The van der Waals surface area contributed by atoms with Crippen LogP contribution >= 0.6 is 23.2 Å². The number of hydrogen-bond acceptors (Lipinski definition) is 4. The van der Waals surface area contributed by atoms with Crippen molar-refractivity contribution in [2.24, 2.45) is 0 Å². The first-order valence-electron chi connectivity index (χ1n) is 10.2. The van der Waals surface area contributed by atoms with Crippen LogP contribution in [0.2, 0.25) is 10.2 Å². The van der Waals surface area contributed by atoms with E-state index in [-0.39, 0.29) is 20.6 Å². The molecule has 0 radical (unpaired) electrons. The van der Waals surface area contributed by atoms with E-state index in [2.05, 4.69) is 10.4 Å². The lowest BCUT2D eigenvalue weighted by atomic mass is 10.2. The normalized spacial score (nSPS) is 14.6. The van der Waals surface area contributed by atoms with E-state index in [0.717, 1.165) is 18.4 Å². The summed E-state index contributed by atoms with van der Waals surface area (Å²) >= 11 is 12.7. The Kier molecular flexibility index (Phi) is 6.57. The fourth-order valence-electron chi connectivity index (χ4n) is 3.71. The first-order chi connectivity index (χ1) is 15.3. The van der Waals surface area contributed by atoms with Crippen LogP contribution in [0, 0.1) is 6.92 Å². The molecule has 2 heterocycles.